The maximum Gasteiger partial charge on any atom is 0.261 e. The molecule has 0 unspecified atom stereocenters. The predicted octanol–water partition coefficient (Wildman–Crippen LogP) is 8.47. The van der Waals surface area contributed by atoms with Crippen LogP contribution in [-0.4, -0.2) is 36.8 Å². The summed E-state index contributed by atoms with van der Waals surface area (Å²) in [4.78, 5) is 0. The lowest BCUT2D eigenvalue weighted by Crippen LogP contribution is -2.67. The van der Waals surface area contributed by atoms with Crippen molar-refractivity contribution in [2.24, 2.45) is 0 Å². The van der Waals surface area contributed by atoms with Crippen LogP contribution in [0.15, 0.2) is 114 Å². The van der Waals surface area contributed by atoms with Crippen molar-refractivity contribution in [3.8, 4) is 0 Å². The molecule has 1 fully saturated rings. The summed E-state index contributed by atoms with van der Waals surface area (Å²) in [5, 5.41) is 16.7. The second-order valence-corrected chi connectivity index (χ2v) is 18.5. The van der Waals surface area contributed by atoms with Crippen molar-refractivity contribution in [2.75, 3.05) is 6.61 Å². The van der Waals surface area contributed by atoms with Crippen LogP contribution in [-0.2, 0) is 14.9 Å². The van der Waals surface area contributed by atoms with E-state index in [1.165, 1.54) is 15.9 Å². The molecule has 0 bridgehead atoms. The van der Waals surface area contributed by atoms with Crippen molar-refractivity contribution in [3.63, 3.8) is 0 Å². The predicted molar refractivity (Wildman–Crippen MR) is 186 cm³/mol. The number of ether oxygens (including phenoxy) is 1. The molecule has 5 aromatic rings. The zero-order valence-corrected chi connectivity index (χ0v) is 28.4. The molecule has 0 spiro atoms. The van der Waals surface area contributed by atoms with E-state index in [-0.39, 0.29) is 17.9 Å². The summed E-state index contributed by atoms with van der Waals surface area (Å²) in [5.74, 6) is 0.800. The molecule has 1 N–H and O–H groups in total. The second-order valence-electron chi connectivity index (χ2n) is 12.4. The summed E-state index contributed by atoms with van der Waals surface area (Å²) >= 11 is 14.7. The fourth-order valence-electron chi connectivity index (χ4n) is 6.33. The molecule has 1 aliphatic rings. The highest BCUT2D eigenvalue weighted by molar-refractivity contribution is 7.98. The lowest BCUT2D eigenvalue weighted by molar-refractivity contribution is -0.0419. The number of fused-ring (bicyclic) bond motifs is 1. The maximum absolute atomic E-state index is 11.4. The Bertz CT molecular complexity index is 1670. The van der Waals surface area contributed by atoms with E-state index >= 15 is 0 Å². The van der Waals surface area contributed by atoms with Crippen LogP contribution < -0.4 is 10.4 Å². The van der Waals surface area contributed by atoms with Gasteiger partial charge in [-0.3, -0.25) is 0 Å². The summed E-state index contributed by atoms with van der Waals surface area (Å²) in [6.45, 7) is 7.05. The Morgan fingerprint density at radius 1 is 0.864 bits per heavy atom. The van der Waals surface area contributed by atoms with Crippen LogP contribution in [0.1, 0.15) is 39.0 Å². The molecule has 0 saturated carbocycles. The standard InChI is InChI=1S/C36H37Cl2NO3SSi/c1-36(2,3)44(27-15-9-5-10-16-27,28-17-11-6-12-18-28)41-23-33-32(40)22-34(42-33)39-31-21-30(38)29(37)19-26(31)20-35(39)43-24-25-13-7-4-8-14-25/h4-21,32-34,40H,22-24H2,1-3H3/t32-,33+,34+/m0/s1. The monoisotopic (exact) mass is 661 g/mol. The van der Waals surface area contributed by atoms with Crippen molar-refractivity contribution < 1.29 is 14.3 Å². The second kappa shape index (κ2) is 13.0. The van der Waals surface area contributed by atoms with Crippen LogP contribution >= 0.6 is 35.0 Å². The smallest absolute Gasteiger partial charge is 0.261 e. The van der Waals surface area contributed by atoms with E-state index in [0.29, 0.717) is 16.5 Å². The normalized spacial score (nSPS) is 19.1. The van der Waals surface area contributed by atoms with Gasteiger partial charge in [0.25, 0.3) is 8.32 Å². The van der Waals surface area contributed by atoms with Gasteiger partial charge in [0.1, 0.15) is 12.3 Å². The van der Waals surface area contributed by atoms with Gasteiger partial charge in [-0.05, 0) is 39.2 Å². The SMILES string of the molecule is CC(C)(C)[Si](OC[C@H]1O[C@@H](n2c(SCc3ccccc3)cc3cc(Cl)c(Cl)cc32)C[C@@H]1O)(c1ccccc1)c1ccccc1. The third kappa shape index (κ3) is 6.14. The van der Waals surface area contributed by atoms with Crippen molar-refractivity contribution in [1.82, 2.24) is 4.57 Å². The van der Waals surface area contributed by atoms with Crippen molar-refractivity contribution >= 4 is 64.6 Å². The van der Waals surface area contributed by atoms with Crippen LogP contribution in [0.5, 0.6) is 0 Å². The number of nitrogens with zero attached hydrogens (tertiary/aromatic N) is 1. The Kier molecular flexibility index (Phi) is 9.32. The highest BCUT2D eigenvalue weighted by atomic mass is 35.5. The molecule has 4 aromatic carbocycles. The van der Waals surface area contributed by atoms with E-state index in [4.69, 9.17) is 32.4 Å². The van der Waals surface area contributed by atoms with E-state index in [2.05, 4.69) is 104 Å². The number of halogens is 2. The van der Waals surface area contributed by atoms with Gasteiger partial charge in [0.05, 0.1) is 33.3 Å². The van der Waals surface area contributed by atoms with Gasteiger partial charge in [-0.15, -0.1) is 11.8 Å². The first-order chi connectivity index (χ1) is 21.2. The minimum absolute atomic E-state index is 0.174. The Balaban J connectivity index is 1.31. The van der Waals surface area contributed by atoms with Gasteiger partial charge in [0, 0.05) is 17.6 Å². The Morgan fingerprint density at radius 2 is 1.43 bits per heavy atom. The molecule has 44 heavy (non-hydrogen) atoms. The maximum atomic E-state index is 11.4. The number of aliphatic hydroxyl groups excluding tert-OH is 1. The Morgan fingerprint density at radius 3 is 2.02 bits per heavy atom. The average molecular weight is 663 g/mol. The summed E-state index contributed by atoms with van der Waals surface area (Å²) in [6, 6.07) is 37.4. The van der Waals surface area contributed by atoms with Crippen LogP contribution in [0.3, 0.4) is 0 Å². The zero-order valence-electron chi connectivity index (χ0n) is 25.1. The molecular weight excluding hydrogens is 625 g/mol. The Hall–Kier alpha value is -2.55. The third-order valence-corrected chi connectivity index (χ3v) is 15.3. The van der Waals surface area contributed by atoms with Gasteiger partial charge in [-0.2, -0.15) is 0 Å². The first-order valence-corrected chi connectivity index (χ1v) is 18.6. The quantitative estimate of drug-likeness (QED) is 0.127. The lowest BCUT2D eigenvalue weighted by Gasteiger charge is -2.43. The molecule has 1 aromatic heterocycles. The fourth-order valence-corrected chi connectivity index (χ4v) is 12.3. The zero-order chi connectivity index (χ0) is 30.9. The number of benzene rings is 4. The number of aromatic nitrogens is 1. The summed E-state index contributed by atoms with van der Waals surface area (Å²) in [7, 11) is -2.79. The lowest BCUT2D eigenvalue weighted by atomic mass is 10.2. The molecule has 228 valence electrons. The van der Waals surface area contributed by atoms with Crippen LogP contribution in [0.25, 0.3) is 10.9 Å². The fraction of sp³-hybridized carbons (Fsp3) is 0.278. The largest absolute Gasteiger partial charge is 0.405 e. The molecule has 2 heterocycles. The number of thioether (sulfide) groups is 1. The number of hydrogen-bond donors (Lipinski definition) is 1. The Labute approximate surface area is 275 Å². The van der Waals surface area contributed by atoms with Crippen molar-refractivity contribution in [3.05, 3.63) is 125 Å². The minimum atomic E-state index is -2.79. The molecule has 6 rings (SSSR count). The molecule has 0 aliphatic carbocycles. The number of rotatable bonds is 9. The molecule has 4 nitrogen and oxygen atoms in total. The molecule has 8 heteroatoms. The van der Waals surface area contributed by atoms with Crippen LogP contribution in [0, 0.1) is 0 Å². The molecule has 0 radical (unpaired) electrons. The summed E-state index contributed by atoms with van der Waals surface area (Å²) in [6.07, 6.45) is -1.12. The topological polar surface area (TPSA) is 43.6 Å². The first-order valence-electron chi connectivity index (χ1n) is 14.9. The van der Waals surface area contributed by atoms with Crippen molar-refractivity contribution in [2.45, 2.75) is 61.4 Å². The molecular formula is C36H37Cl2NO3SSi. The first kappa shape index (κ1) is 31.4. The van der Waals surface area contributed by atoms with Gasteiger partial charge >= 0.3 is 0 Å². The van der Waals surface area contributed by atoms with E-state index in [1.54, 1.807) is 11.8 Å². The minimum Gasteiger partial charge on any atom is -0.405 e. The van der Waals surface area contributed by atoms with Gasteiger partial charge in [-0.25, -0.2) is 0 Å². The molecule has 1 saturated heterocycles. The van der Waals surface area contributed by atoms with E-state index in [9.17, 15) is 5.11 Å². The van der Waals surface area contributed by atoms with Gasteiger partial charge in [-0.1, -0.05) is 135 Å². The van der Waals surface area contributed by atoms with E-state index in [1.807, 2.05) is 30.3 Å². The van der Waals surface area contributed by atoms with Crippen molar-refractivity contribution in [1.29, 1.82) is 0 Å². The van der Waals surface area contributed by atoms with Gasteiger partial charge in [0.2, 0.25) is 0 Å². The van der Waals surface area contributed by atoms with E-state index < -0.39 is 20.5 Å². The highest BCUT2D eigenvalue weighted by Crippen LogP contribution is 2.42. The number of aliphatic hydroxyl groups is 1. The molecule has 1 aliphatic heterocycles. The molecule has 0 amide bonds. The van der Waals surface area contributed by atoms with E-state index in [0.717, 1.165) is 21.7 Å². The molecule has 3 atom stereocenters. The van der Waals surface area contributed by atoms with Crippen LogP contribution in [0.4, 0.5) is 0 Å². The van der Waals surface area contributed by atoms with Gasteiger partial charge in [0.15, 0.2) is 0 Å². The average Bonchev–Trinajstić information content (AvgIpc) is 3.56. The summed E-state index contributed by atoms with van der Waals surface area (Å²) < 4.78 is 16.0. The summed E-state index contributed by atoms with van der Waals surface area (Å²) in [5.41, 5.74) is 2.16. The van der Waals surface area contributed by atoms with Gasteiger partial charge < -0.3 is 18.8 Å². The van der Waals surface area contributed by atoms with Crippen LogP contribution in [0.2, 0.25) is 15.1 Å². The number of hydrogen-bond acceptors (Lipinski definition) is 4. The highest BCUT2D eigenvalue weighted by Gasteiger charge is 2.51. The third-order valence-electron chi connectivity index (χ3n) is 8.45.